The number of fused-ring (bicyclic) bond motifs is 1. The number of benzene rings is 1. The third-order valence-corrected chi connectivity index (χ3v) is 4.66. The normalized spacial score (nSPS) is 12.4. The van der Waals surface area contributed by atoms with Gasteiger partial charge in [0, 0.05) is 35.2 Å². The minimum atomic E-state index is -0.648. The number of carbonyl (C=O) groups excluding carboxylic acids is 1. The first-order valence-corrected chi connectivity index (χ1v) is 9.19. The number of aromatic nitrogens is 1. The molecule has 2 N–H and O–H groups in total. The van der Waals surface area contributed by atoms with Crippen LogP contribution in [0.1, 0.15) is 35.7 Å². The van der Waals surface area contributed by atoms with Gasteiger partial charge < -0.3 is 24.1 Å². The molecule has 0 bridgehead atoms. The molecule has 0 spiro atoms. The minimum absolute atomic E-state index is 0.0454. The number of ketones is 1. The topological polar surface area (TPSA) is 76.6 Å². The highest BCUT2D eigenvalue weighted by Gasteiger charge is 2.17. The number of aliphatic hydroxyl groups excluding tert-OH is 1. The molecule has 0 aliphatic rings. The maximum atomic E-state index is 12.1. The van der Waals surface area contributed by atoms with Crippen LogP contribution in [0, 0.1) is 6.92 Å². The molecule has 0 aliphatic heterocycles. The van der Waals surface area contributed by atoms with Crippen molar-refractivity contribution in [3.8, 4) is 5.75 Å². The van der Waals surface area contributed by atoms with Gasteiger partial charge in [-0.25, -0.2) is 0 Å². The molecule has 3 aromatic rings. The fraction of sp³-hybridized carbons (Fsp3) is 0.381. The second-order valence-corrected chi connectivity index (χ2v) is 6.61. The summed E-state index contributed by atoms with van der Waals surface area (Å²) in [6, 6.07) is 9.43. The first-order chi connectivity index (χ1) is 13.0. The highest BCUT2D eigenvalue weighted by Crippen LogP contribution is 2.29. The summed E-state index contributed by atoms with van der Waals surface area (Å²) in [6.07, 6.45) is 0.972. The molecule has 0 radical (unpaired) electrons. The number of rotatable bonds is 9. The van der Waals surface area contributed by atoms with Crippen LogP contribution in [-0.2, 0) is 13.1 Å². The van der Waals surface area contributed by atoms with Crippen molar-refractivity contribution in [1.82, 2.24) is 9.88 Å². The molecule has 6 heteroatoms. The van der Waals surface area contributed by atoms with E-state index in [0.29, 0.717) is 18.8 Å². The minimum Gasteiger partial charge on any atom is -0.491 e. The molecule has 3 rings (SSSR count). The van der Waals surface area contributed by atoms with Gasteiger partial charge in [-0.1, -0.05) is 0 Å². The fourth-order valence-electron chi connectivity index (χ4n) is 3.43. The van der Waals surface area contributed by atoms with Crippen molar-refractivity contribution in [3.63, 3.8) is 0 Å². The largest absolute Gasteiger partial charge is 0.491 e. The maximum Gasteiger partial charge on any atom is 0.162 e. The molecular formula is C21H26N2O4. The number of nitrogens with zero attached hydrogens (tertiary/aromatic N) is 1. The summed E-state index contributed by atoms with van der Waals surface area (Å²) in [6.45, 7) is 7.54. The summed E-state index contributed by atoms with van der Waals surface area (Å²) in [5, 5.41) is 14.1. The van der Waals surface area contributed by atoms with Crippen molar-refractivity contribution in [2.45, 2.75) is 40.0 Å². The van der Waals surface area contributed by atoms with Crippen LogP contribution >= 0.6 is 0 Å². The summed E-state index contributed by atoms with van der Waals surface area (Å²) >= 11 is 0. The van der Waals surface area contributed by atoms with Crippen LogP contribution in [0.5, 0.6) is 5.75 Å². The van der Waals surface area contributed by atoms with Crippen molar-refractivity contribution in [3.05, 3.63) is 53.6 Å². The molecule has 0 fully saturated rings. The quantitative estimate of drug-likeness (QED) is 0.565. The van der Waals surface area contributed by atoms with E-state index in [1.807, 2.05) is 37.3 Å². The van der Waals surface area contributed by atoms with Gasteiger partial charge in [0.05, 0.1) is 12.8 Å². The van der Waals surface area contributed by atoms with Gasteiger partial charge in [-0.3, -0.25) is 4.79 Å². The average Bonchev–Trinajstić information content (AvgIpc) is 3.24. The number of ether oxygens (including phenoxy) is 1. The van der Waals surface area contributed by atoms with E-state index in [1.54, 1.807) is 13.2 Å². The van der Waals surface area contributed by atoms with Gasteiger partial charge in [-0.2, -0.15) is 0 Å². The highest BCUT2D eigenvalue weighted by molar-refractivity contribution is 6.08. The Morgan fingerprint density at radius 1 is 1.37 bits per heavy atom. The van der Waals surface area contributed by atoms with Crippen LogP contribution in [0.3, 0.4) is 0 Å². The number of aryl methyl sites for hydroxylation is 1. The Hall–Kier alpha value is -2.57. The summed E-state index contributed by atoms with van der Waals surface area (Å²) in [7, 11) is 0. The molecule has 0 unspecified atom stereocenters. The fourth-order valence-corrected chi connectivity index (χ4v) is 3.43. The Labute approximate surface area is 158 Å². The monoisotopic (exact) mass is 370 g/mol. The molecule has 6 nitrogen and oxygen atoms in total. The van der Waals surface area contributed by atoms with E-state index in [1.165, 1.54) is 0 Å². The molecule has 144 valence electrons. The lowest BCUT2D eigenvalue weighted by Crippen LogP contribution is -2.31. The lowest BCUT2D eigenvalue weighted by molar-refractivity contribution is 0.101. The Morgan fingerprint density at radius 3 is 2.85 bits per heavy atom. The van der Waals surface area contributed by atoms with Gasteiger partial charge in [0.15, 0.2) is 5.78 Å². The summed E-state index contributed by atoms with van der Waals surface area (Å²) < 4.78 is 13.1. The lowest BCUT2D eigenvalue weighted by atomic mass is 10.1. The molecule has 27 heavy (non-hydrogen) atoms. The number of furan rings is 1. The predicted molar refractivity (Wildman–Crippen MR) is 104 cm³/mol. The highest BCUT2D eigenvalue weighted by atomic mass is 16.5. The van der Waals surface area contributed by atoms with E-state index in [0.717, 1.165) is 34.5 Å². The van der Waals surface area contributed by atoms with Crippen molar-refractivity contribution in [1.29, 1.82) is 0 Å². The number of Topliss-reactive ketones (excluding diaryl/α,β-unsaturated/α-hetero) is 1. The number of hydrogen-bond donors (Lipinski definition) is 2. The molecule has 0 saturated carbocycles. The molecule has 2 aromatic heterocycles. The van der Waals surface area contributed by atoms with Crippen LogP contribution in [0.4, 0.5) is 0 Å². The van der Waals surface area contributed by atoms with Gasteiger partial charge in [0.25, 0.3) is 0 Å². The lowest BCUT2D eigenvalue weighted by Gasteiger charge is -2.13. The second-order valence-electron chi connectivity index (χ2n) is 6.61. The van der Waals surface area contributed by atoms with E-state index in [2.05, 4.69) is 16.8 Å². The van der Waals surface area contributed by atoms with Crippen LogP contribution in [0.15, 0.2) is 41.0 Å². The summed E-state index contributed by atoms with van der Waals surface area (Å²) in [5.74, 6) is 1.51. The van der Waals surface area contributed by atoms with Crippen molar-refractivity contribution in [2.24, 2.45) is 0 Å². The summed E-state index contributed by atoms with van der Waals surface area (Å²) in [4.78, 5) is 12.1. The summed E-state index contributed by atoms with van der Waals surface area (Å²) in [5.41, 5.74) is 2.73. The third-order valence-electron chi connectivity index (χ3n) is 4.66. The molecule has 0 aliphatic carbocycles. The molecule has 1 aromatic carbocycles. The van der Waals surface area contributed by atoms with Crippen LogP contribution in [0.25, 0.3) is 10.9 Å². The van der Waals surface area contributed by atoms with Gasteiger partial charge in [0.2, 0.25) is 0 Å². The zero-order valence-corrected chi connectivity index (χ0v) is 16.0. The van der Waals surface area contributed by atoms with E-state index >= 15 is 0 Å². The Bertz CT molecular complexity index is 912. The Balaban J connectivity index is 1.64. The standard InChI is InChI=1S/C21H26N2O4/c1-4-23-14(2)21(15(3)24)19-10-17(7-8-20(19)23)27-13-16(25)11-22-12-18-6-5-9-26-18/h5-10,16,22,25H,4,11-13H2,1-3H3/t16-/m1/s1. The molecular weight excluding hydrogens is 344 g/mol. The van der Waals surface area contributed by atoms with Crippen LogP contribution < -0.4 is 10.1 Å². The van der Waals surface area contributed by atoms with E-state index < -0.39 is 6.10 Å². The number of hydrogen-bond acceptors (Lipinski definition) is 5. The van der Waals surface area contributed by atoms with Crippen LogP contribution in [-0.4, -0.2) is 34.7 Å². The number of aliphatic hydroxyl groups is 1. The average molecular weight is 370 g/mol. The van der Waals surface area contributed by atoms with Gasteiger partial charge in [0.1, 0.15) is 24.2 Å². The third kappa shape index (κ3) is 4.23. The van der Waals surface area contributed by atoms with E-state index in [-0.39, 0.29) is 12.4 Å². The first-order valence-electron chi connectivity index (χ1n) is 9.19. The van der Waals surface area contributed by atoms with Gasteiger partial charge >= 0.3 is 0 Å². The maximum absolute atomic E-state index is 12.1. The van der Waals surface area contributed by atoms with E-state index in [9.17, 15) is 9.90 Å². The predicted octanol–water partition coefficient (Wildman–Crippen LogP) is 3.29. The SMILES string of the molecule is CCn1c(C)c(C(C)=O)c2cc(OC[C@H](O)CNCc3ccco3)ccc21. The zero-order chi connectivity index (χ0) is 19.4. The van der Waals surface area contributed by atoms with Crippen LogP contribution in [0.2, 0.25) is 0 Å². The zero-order valence-electron chi connectivity index (χ0n) is 16.0. The first kappa shape index (κ1) is 19.2. The van der Waals surface area contributed by atoms with Crippen molar-refractivity contribution < 1.29 is 19.1 Å². The smallest absolute Gasteiger partial charge is 0.162 e. The van der Waals surface area contributed by atoms with Gasteiger partial charge in [-0.05, 0) is 51.1 Å². The second kappa shape index (κ2) is 8.41. The van der Waals surface area contributed by atoms with Crippen molar-refractivity contribution in [2.75, 3.05) is 13.2 Å². The molecule has 1 atom stereocenters. The van der Waals surface area contributed by atoms with E-state index in [4.69, 9.17) is 9.15 Å². The Kier molecular flexibility index (Phi) is 5.98. The van der Waals surface area contributed by atoms with Gasteiger partial charge in [-0.15, -0.1) is 0 Å². The molecule has 0 amide bonds. The molecule has 2 heterocycles. The van der Waals surface area contributed by atoms with Crippen molar-refractivity contribution >= 4 is 16.7 Å². The Morgan fingerprint density at radius 2 is 2.19 bits per heavy atom. The number of carbonyl (C=O) groups is 1. The molecule has 0 saturated heterocycles. The number of nitrogens with one attached hydrogen (secondary N) is 1.